The number of hydrogen-bond acceptors (Lipinski definition) is 3. The second kappa shape index (κ2) is 5.11. The summed E-state index contributed by atoms with van der Waals surface area (Å²) < 4.78 is 6.87. The van der Waals surface area contributed by atoms with Crippen molar-refractivity contribution < 1.29 is 9.84 Å². The quantitative estimate of drug-likeness (QED) is 0.748. The normalized spacial score (nSPS) is 10.8. The van der Waals surface area contributed by atoms with E-state index in [2.05, 4.69) is 5.38 Å². The lowest BCUT2D eigenvalue weighted by atomic mass is 10.2. The van der Waals surface area contributed by atoms with Crippen LogP contribution in [0.5, 0.6) is 11.5 Å². The second-order valence-corrected chi connectivity index (χ2v) is 5.53. The predicted molar refractivity (Wildman–Crippen MR) is 79.3 cm³/mol. The van der Waals surface area contributed by atoms with Gasteiger partial charge in [-0.2, -0.15) is 0 Å². The SMILES string of the molecule is Oc1ccc(OCc2csc3cc(Cl)ccc23)cc1. The molecule has 0 spiro atoms. The van der Waals surface area contributed by atoms with Crippen LogP contribution in [0.25, 0.3) is 10.1 Å². The monoisotopic (exact) mass is 290 g/mol. The number of rotatable bonds is 3. The van der Waals surface area contributed by atoms with Crippen molar-refractivity contribution in [3.8, 4) is 11.5 Å². The van der Waals surface area contributed by atoms with E-state index >= 15 is 0 Å². The molecule has 4 heteroatoms. The Morgan fingerprint density at radius 3 is 2.68 bits per heavy atom. The summed E-state index contributed by atoms with van der Waals surface area (Å²) in [7, 11) is 0. The van der Waals surface area contributed by atoms with Gasteiger partial charge >= 0.3 is 0 Å². The number of aromatic hydroxyl groups is 1. The minimum Gasteiger partial charge on any atom is -0.508 e. The molecule has 0 aliphatic carbocycles. The van der Waals surface area contributed by atoms with Crippen LogP contribution in [0.3, 0.4) is 0 Å². The molecule has 0 unspecified atom stereocenters. The van der Waals surface area contributed by atoms with Gasteiger partial charge in [-0.05, 0) is 47.2 Å². The van der Waals surface area contributed by atoms with Gasteiger partial charge in [0.25, 0.3) is 0 Å². The van der Waals surface area contributed by atoms with Crippen molar-refractivity contribution in [2.45, 2.75) is 6.61 Å². The van der Waals surface area contributed by atoms with Gasteiger partial charge in [0.1, 0.15) is 18.1 Å². The third-order valence-corrected chi connectivity index (χ3v) is 4.08. The highest BCUT2D eigenvalue weighted by Gasteiger charge is 2.05. The maximum atomic E-state index is 9.21. The van der Waals surface area contributed by atoms with Crippen LogP contribution in [0, 0.1) is 0 Å². The van der Waals surface area contributed by atoms with Gasteiger partial charge in [-0.15, -0.1) is 11.3 Å². The first kappa shape index (κ1) is 12.3. The molecular formula is C15H11ClO2S. The topological polar surface area (TPSA) is 29.5 Å². The standard InChI is InChI=1S/C15H11ClO2S/c16-11-1-6-14-10(9-19-15(14)7-11)8-18-13-4-2-12(17)3-5-13/h1-7,9,17H,8H2. The zero-order valence-electron chi connectivity index (χ0n) is 9.97. The summed E-state index contributed by atoms with van der Waals surface area (Å²) in [5.41, 5.74) is 1.14. The molecule has 0 atom stereocenters. The summed E-state index contributed by atoms with van der Waals surface area (Å²) >= 11 is 7.63. The Labute approximate surface area is 119 Å². The lowest BCUT2D eigenvalue weighted by Gasteiger charge is -2.05. The van der Waals surface area contributed by atoms with Crippen molar-refractivity contribution >= 4 is 33.0 Å². The number of phenols is 1. The number of thiophene rings is 1. The molecule has 0 aliphatic rings. The lowest BCUT2D eigenvalue weighted by molar-refractivity contribution is 0.307. The molecular weight excluding hydrogens is 280 g/mol. The van der Waals surface area contributed by atoms with Crippen molar-refractivity contribution in [3.63, 3.8) is 0 Å². The maximum Gasteiger partial charge on any atom is 0.120 e. The summed E-state index contributed by atoms with van der Waals surface area (Å²) in [5, 5.41) is 13.2. The summed E-state index contributed by atoms with van der Waals surface area (Å²) in [6.45, 7) is 0.506. The number of fused-ring (bicyclic) bond motifs is 1. The van der Waals surface area contributed by atoms with Crippen LogP contribution in [-0.2, 0) is 6.61 Å². The maximum absolute atomic E-state index is 9.21. The van der Waals surface area contributed by atoms with Crippen molar-refractivity contribution in [1.82, 2.24) is 0 Å². The largest absolute Gasteiger partial charge is 0.508 e. The molecule has 0 radical (unpaired) electrons. The van der Waals surface area contributed by atoms with Gasteiger partial charge in [0, 0.05) is 15.3 Å². The third kappa shape index (κ3) is 2.67. The van der Waals surface area contributed by atoms with Gasteiger partial charge in [-0.1, -0.05) is 17.7 Å². The van der Waals surface area contributed by atoms with Crippen LogP contribution in [-0.4, -0.2) is 5.11 Å². The molecule has 1 aromatic heterocycles. The van der Waals surface area contributed by atoms with Crippen LogP contribution < -0.4 is 4.74 Å². The summed E-state index contributed by atoms with van der Waals surface area (Å²) in [6.07, 6.45) is 0. The Hall–Kier alpha value is -1.71. The van der Waals surface area contributed by atoms with Crippen molar-refractivity contribution in [1.29, 1.82) is 0 Å². The first-order valence-corrected chi connectivity index (χ1v) is 7.05. The first-order valence-electron chi connectivity index (χ1n) is 5.80. The highest BCUT2D eigenvalue weighted by molar-refractivity contribution is 7.17. The first-order chi connectivity index (χ1) is 9.22. The average molecular weight is 291 g/mol. The molecule has 0 saturated heterocycles. The average Bonchev–Trinajstić information content (AvgIpc) is 2.80. The number of hydrogen-bond donors (Lipinski definition) is 1. The summed E-state index contributed by atoms with van der Waals surface area (Å²) in [6, 6.07) is 12.6. The molecule has 3 rings (SSSR count). The van der Waals surface area contributed by atoms with E-state index in [1.165, 1.54) is 5.39 Å². The van der Waals surface area contributed by atoms with Crippen LogP contribution in [0.2, 0.25) is 5.02 Å². The molecule has 19 heavy (non-hydrogen) atoms. The van der Waals surface area contributed by atoms with E-state index in [9.17, 15) is 5.11 Å². The van der Waals surface area contributed by atoms with E-state index in [-0.39, 0.29) is 5.75 Å². The van der Waals surface area contributed by atoms with Gasteiger partial charge in [0.2, 0.25) is 0 Å². The molecule has 96 valence electrons. The van der Waals surface area contributed by atoms with Crippen molar-refractivity contribution in [2.24, 2.45) is 0 Å². The van der Waals surface area contributed by atoms with Crippen LogP contribution in [0.4, 0.5) is 0 Å². The van der Waals surface area contributed by atoms with Gasteiger partial charge in [-0.25, -0.2) is 0 Å². The minimum absolute atomic E-state index is 0.239. The van der Waals surface area contributed by atoms with Crippen molar-refractivity contribution in [3.05, 3.63) is 58.4 Å². The van der Waals surface area contributed by atoms with E-state index < -0.39 is 0 Å². The fourth-order valence-corrected chi connectivity index (χ4v) is 3.09. The number of ether oxygens (including phenoxy) is 1. The molecule has 3 aromatic rings. The van der Waals surface area contributed by atoms with E-state index in [0.717, 1.165) is 21.0 Å². The van der Waals surface area contributed by atoms with Crippen molar-refractivity contribution in [2.75, 3.05) is 0 Å². The van der Waals surface area contributed by atoms with E-state index in [1.807, 2.05) is 18.2 Å². The fraction of sp³-hybridized carbons (Fsp3) is 0.0667. The Bertz CT molecular complexity index is 704. The van der Waals surface area contributed by atoms with Gasteiger partial charge in [0.05, 0.1) is 0 Å². The molecule has 0 saturated carbocycles. The van der Waals surface area contributed by atoms with Gasteiger partial charge in [0.15, 0.2) is 0 Å². The number of benzene rings is 2. The van der Waals surface area contributed by atoms with Crippen LogP contribution >= 0.6 is 22.9 Å². The Balaban J connectivity index is 1.80. The zero-order valence-corrected chi connectivity index (χ0v) is 11.5. The Morgan fingerprint density at radius 1 is 1.11 bits per heavy atom. The molecule has 0 aliphatic heterocycles. The smallest absolute Gasteiger partial charge is 0.120 e. The fourth-order valence-electron chi connectivity index (χ4n) is 1.87. The highest BCUT2D eigenvalue weighted by atomic mass is 35.5. The molecule has 0 amide bonds. The van der Waals surface area contributed by atoms with E-state index in [0.29, 0.717) is 6.61 Å². The van der Waals surface area contributed by atoms with Gasteiger partial charge < -0.3 is 9.84 Å². The molecule has 2 aromatic carbocycles. The number of phenolic OH excluding ortho intramolecular Hbond substituents is 1. The Kier molecular flexibility index (Phi) is 3.32. The molecule has 0 fully saturated rings. The van der Waals surface area contributed by atoms with E-state index in [4.69, 9.17) is 16.3 Å². The molecule has 1 heterocycles. The van der Waals surface area contributed by atoms with Gasteiger partial charge in [-0.3, -0.25) is 0 Å². The predicted octanol–water partition coefficient (Wildman–Crippen LogP) is 4.84. The van der Waals surface area contributed by atoms with E-state index in [1.54, 1.807) is 35.6 Å². The molecule has 0 bridgehead atoms. The lowest BCUT2D eigenvalue weighted by Crippen LogP contribution is -1.93. The highest BCUT2D eigenvalue weighted by Crippen LogP contribution is 2.29. The molecule has 2 nitrogen and oxygen atoms in total. The third-order valence-electron chi connectivity index (χ3n) is 2.85. The van der Waals surface area contributed by atoms with Crippen LogP contribution in [0.1, 0.15) is 5.56 Å². The molecule has 1 N–H and O–H groups in total. The second-order valence-electron chi connectivity index (χ2n) is 4.18. The minimum atomic E-state index is 0.239. The Morgan fingerprint density at radius 2 is 1.89 bits per heavy atom. The number of halogens is 1. The zero-order chi connectivity index (χ0) is 13.2. The summed E-state index contributed by atoms with van der Waals surface area (Å²) in [4.78, 5) is 0. The van der Waals surface area contributed by atoms with Crippen LogP contribution in [0.15, 0.2) is 47.8 Å². The summed E-state index contributed by atoms with van der Waals surface area (Å²) in [5.74, 6) is 0.981.